The monoisotopic (exact) mass is 502 g/mol. The molecule has 0 fully saturated rings. The van der Waals surface area contributed by atoms with Gasteiger partial charge in [-0.15, -0.1) is 11.3 Å². The molecule has 4 heteroatoms. The molecule has 1 amide bonds. The third-order valence-corrected chi connectivity index (χ3v) is 7.38. The zero-order valence-electron chi connectivity index (χ0n) is 22.7. The summed E-state index contributed by atoms with van der Waals surface area (Å²) in [6.07, 6.45) is 10.2. The first-order valence-corrected chi connectivity index (χ1v) is 14.4. The SMILES string of the molecule is CCCC(=C(C)CCCc1nccs1)c1ccc(NC(=O)c2c(CCC)cccc2CC(C)C)cc1. The second-order valence-corrected chi connectivity index (χ2v) is 11.1. The van der Waals surface area contributed by atoms with E-state index in [4.69, 9.17) is 0 Å². The van der Waals surface area contributed by atoms with Crippen LogP contribution in [0.1, 0.15) is 98.8 Å². The maximum Gasteiger partial charge on any atom is 0.256 e. The van der Waals surface area contributed by atoms with Crippen LogP contribution in [0.3, 0.4) is 0 Å². The number of anilines is 1. The van der Waals surface area contributed by atoms with E-state index in [0.29, 0.717) is 5.92 Å². The molecule has 3 aromatic rings. The molecule has 0 aliphatic heterocycles. The highest BCUT2D eigenvalue weighted by atomic mass is 32.1. The van der Waals surface area contributed by atoms with Crippen molar-refractivity contribution in [2.24, 2.45) is 5.92 Å². The third-order valence-electron chi connectivity index (χ3n) is 6.54. The van der Waals surface area contributed by atoms with E-state index in [0.717, 1.165) is 73.7 Å². The molecule has 2 aromatic carbocycles. The van der Waals surface area contributed by atoms with Gasteiger partial charge in [-0.25, -0.2) is 4.98 Å². The van der Waals surface area contributed by atoms with E-state index in [1.807, 2.05) is 6.20 Å². The van der Waals surface area contributed by atoms with E-state index in [2.05, 4.69) is 92.8 Å². The summed E-state index contributed by atoms with van der Waals surface area (Å²) in [5.74, 6) is 0.506. The number of aryl methyl sites for hydroxylation is 2. The average Bonchev–Trinajstić information content (AvgIpc) is 3.36. The highest BCUT2D eigenvalue weighted by Crippen LogP contribution is 2.28. The average molecular weight is 503 g/mol. The van der Waals surface area contributed by atoms with Gasteiger partial charge in [0.2, 0.25) is 0 Å². The number of hydrogen-bond acceptors (Lipinski definition) is 3. The Hall–Kier alpha value is -2.72. The molecule has 0 spiro atoms. The Morgan fingerprint density at radius 2 is 1.72 bits per heavy atom. The minimum Gasteiger partial charge on any atom is -0.322 e. The molecule has 1 aromatic heterocycles. The largest absolute Gasteiger partial charge is 0.322 e. The zero-order valence-corrected chi connectivity index (χ0v) is 23.5. The first kappa shape index (κ1) is 27.9. The summed E-state index contributed by atoms with van der Waals surface area (Å²) in [5, 5.41) is 6.46. The van der Waals surface area contributed by atoms with Crippen molar-refractivity contribution < 1.29 is 4.79 Å². The maximum absolute atomic E-state index is 13.4. The molecule has 3 rings (SSSR count). The fourth-order valence-electron chi connectivity index (χ4n) is 4.87. The lowest BCUT2D eigenvalue weighted by molar-refractivity contribution is 0.102. The van der Waals surface area contributed by atoms with Crippen LogP contribution in [-0.4, -0.2) is 10.9 Å². The van der Waals surface area contributed by atoms with Crippen LogP contribution in [0.5, 0.6) is 0 Å². The van der Waals surface area contributed by atoms with Crippen molar-refractivity contribution in [2.75, 3.05) is 5.32 Å². The Kier molecular flexibility index (Phi) is 10.9. The fraction of sp³-hybridized carbons (Fsp3) is 0.438. The van der Waals surface area contributed by atoms with Gasteiger partial charge in [-0.1, -0.05) is 76.4 Å². The van der Waals surface area contributed by atoms with Crippen LogP contribution < -0.4 is 5.32 Å². The first-order valence-electron chi connectivity index (χ1n) is 13.5. The smallest absolute Gasteiger partial charge is 0.256 e. The number of hydrogen-bond donors (Lipinski definition) is 1. The first-order chi connectivity index (χ1) is 17.4. The van der Waals surface area contributed by atoms with Gasteiger partial charge in [0.25, 0.3) is 5.91 Å². The summed E-state index contributed by atoms with van der Waals surface area (Å²) in [6, 6.07) is 14.7. The number of carbonyl (C=O) groups excluding carboxylic acids is 1. The molecule has 0 radical (unpaired) electrons. The molecule has 192 valence electrons. The molecule has 0 atom stereocenters. The Labute approximate surface area is 222 Å². The predicted molar refractivity (Wildman–Crippen MR) is 156 cm³/mol. The van der Waals surface area contributed by atoms with Crippen molar-refractivity contribution >= 4 is 28.5 Å². The molecule has 0 aliphatic carbocycles. The summed E-state index contributed by atoms with van der Waals surface area (Å²) >= 11 is 1.74. The fourth-order valence-corrected chi connectivity index (χ4v) is 5.53. The highest BCUT2D eigenvalue weighted by molar-refractivity contribution is 7.09. The van der Waals surface area contributed by atoms with Gasteiger partial charge in [0.05, 0.1) is 5.01 Å². The molecular formula is C32H42N2OS. The van der Waals surface area contributed by atoms with E-state index < -0.39 is 0 Å². The number of aromatic nitrogens is 1. The number of carbonyl (C=O) groups is 1. The second kappa shape index (κ2) is 14.1. The molecule has 1 N–H and O–H groups in total. The molecule has 36 heavy (non-hydrogen) atoms. The van der Waals surface area contributed by atoms with Gasteiger partial charge in [0.1, 0.15) is 0 Å². The van der Waals surface area contributed by atoms with Gasteiger partial charge in [0, 0.05) is 22.8 Å². The van der Waals surface area contributed by atoms with Crippen molar-refractivity contribution in [3.8, 4) is 0 Å². The lowest BCUT2D eigenvalue weighted by Gasteiger charge is -2.17. The van der Waals surface area contributed by atoms with Crippen molar-refractivity contribution in [1.29, 1.82) is 0 Å². The summed E-state index contributed by atoms with van der Waals surface area (Å²) in [6.45, 7) is 11.1. The Bertz CT molecular complexity index is 1130. The van der Waals surface area contributed by atoms with E-state index in [1.165, 1.54) is 21.7 Å². The number of nitrogens with zero attached hydrogens (tertiary/aromatic N) is 1. The number of nitrogens with one attached hydrogen (secondary N) is 1. The van der Waals surface area contributed by atoms with Gasteiger partial charge in [0.15, 0.2) is 0 Å². The topological polar surface area (TPSA) is 42.0 Å². The van der Waals surface area contributed by atoms with Crippen molar-refractivity contribution in [1.82, 2.24) is 4.98 Å². The van der Waals surface area contributed by atoms with Crippen LogP contribution in [0, 0.1) is 5.92 Å². The van der Waals surface area contributed by atoms with E-state index in [-0.39, 0.29) is 5.91 Å². The quantitative estimate of drug-likeness (QED) is 0.253. The van der Waals surface area contributed by atoms with Crippen LogP contribution in [0.15, 0.2) is 59.6 Å². The molecule has 0 saturated heterocycles. The highest BCUT2D eigenvalue weighted by Gasteiger charge is 2.17. The molecular weight excluding hydrogens is 460 g/mol. The summed E-state index contributed by atoms with van der Waals surface area (Å²) in [4.78, 5) is 17.8. The number of allylic oxidation sites excluding steroid dienone is 2. The maximum atomic E-state index is 13.4. The predicted octanol–water partition coefficient (Wildman–Crippen LogP) is 9.14. The van der Waals surface area contributed by atoms with E-state index in [1.54, 1.807) is 11.3 Å². The zero-order chi connectivity index (χ0) is 25.9. The molecule has 1 heterocycles. The van der Waals surface area contributed by atoms with Crippen LogP contribution in [0.25, 0.3) is 5.57 Å². The summed E-state index contributed by atoms with van der Waals surface area (Å²) in [7, 11) is 0. The summed E-state index contributed by atoms with van der Waals surface area (Å²) < 4.78 is 0. The second-order valence-electron chi connectivity index (χ2n) is 10.1. The third kappa shape index (κ3) is 7.89. The molecule has 0 saturated carbocycles. The normalized spacial score (nSPS) is 12.1. The van der Waals surface area contributed by atoms with Crippen molar-refractivity contribution in [3.05, 3.63) is 86.9 Å². The van der Waals surface area contributed by atoms with Crippen LogP contribution >= 0.6 is 11.3 Å². The summed E-state index contributed by atoms with van der Waals surface area (Å²) in [5.41, 5.74) is 8.15. The molecule has 0 unspecified atom stereocenters. The number of thiazole rings is 1. The van der Waals surface area contributed by atoms with Gasteiger partial charge in [-0.2, -0.15) is 0 Å². The van der Waals surface area contributed by atoms with Crippen LogP contribution in [0.4, 0.5) is 5.69 Å². The minimum atomic E-state index is 0.00476. The molecule has 0 bridgehead atoms. The van der Waals surface area contributed by atoms with E-state index >= 15 is 0 Å². The lowest BCUT2D eigenvalue weighted by atomic mass is 9.92. The Balaban J connectivity index is 1.75. The van der Waals surface area contributed by atoms with E-state index in [9.17, 15) is 4.79 Å². The number of benzene rings is 2. The number of amides is 1. The Morgan fingerprint density at radius 1 is 0.972 bits per heavy atom. The van der Waals surface area contributed by atoms with Gasteiger partial charge >= 0.3 is 0 Å². The van der Waals surface area contributed by atoms with Crippen molar-refractivity contribution in [3.63, 3.8) is 0 Å². The minimum absolute atomic E-state index is 0.00476. The lowest BCUT2D eigenvalue weighted by Crippen LogP contribution is -2.17. The van der Waals surface area contributed by atoms with Crippen LogP contribution in [0.2, 0.25) is 0 Å². The van der Waals surface area contributed by atoms with Crippen LogP contribution in [-0.2, 0) is 19.3 Å². The van der Waals surface area contributed by atoms with Gasteiger partial charge < -0.3 is 5.32 Å². The Morgan fingerprint density at radius 3 is 2.36 bits per heavy atom. The van der Waals surface area contributed by atoms with Gasteiger partial charge in [-0.05, 0) is 85.8 Å². The van der Waals surface area contributed by atoms with Gasteiger partial charge in [-0.3, -0.25) is 4.79 Å². The molecule has 3 nitrogen and oxygen atoms in total. The van der Waals surface area contributed by atoms with Crippen molar-refractivity contribution in [2.45, 2.75) is 86.0 Å². The standard InChI is InChI=1S/C32H42N2OS/c1-6-10-26-13-9-14-27(22-23(3)4)31(26)32(35)34-28-18-16-25(17-19-28)29(11-7-2)24(5)12-8-15-30-33-20-21-36-30/h9,13-14,16-21,23H,6-8,10-12,15,22H2,1-5H3,(H,34,35). The number of rotatable bonds is 13. The molecule has 0 aliphatic rings.